The van der Waals surface area contributed by atoms with E-state index in [0.29, 0.717) is 47.5 Å². The zero-order valence-electron chi connectivity index (χ0n) is 17.9. The lowest BCUT2D eigenvalue weighted by Crippen LogP contribution is -2.13. The van der Waals surface area contributed by atoms with Crippen LogP contribution in [0.2, 0.25) is 0 Å². The number of fused-ring (bicyclic) bond motifs is 3. The number of nitrogens with zero attached hydrogens (tertiary/aromatic N) is 1. The molecular weight excluding hydrogens is 413 g/mol. The monoisotopic (exact) mass is 437 g/mol. The van der Waals surface area contributed by atoms with E-state index in [-0.39, 0.29) is 18.2 Å². The summed E-state index contributed by atoms with van der Waals surface area (Å²) in [5.41, 5.74) is 1.93. The minimum absolute atomic E-state index is 0.0961. The molecule has 32 heavy (non-hydrogen) atoms. The maximum Gasteiger partial charge on any atom is 0.340 e. The SMILES string of the molecule is COCCOC(=O)c1c(C)n(CCOc2ccc(F)cc2)c2c1cc(O)c1ccccc12. The number of carbonyl (C=O) groups is 1. The lowest BCUT2D eigenvalue weighted by atomic mass is 10.0. The van der Waals surface area contributed by atoms with Gasteiger partial charge in [0.05, 0.1) is 24.2 Å². The second-order valence-electron chi connectivity index (χ2n) is 7.38. The molecule has 4 rings (SSSR count). The molecule has 0 saturated carbocycles. The van der Waals surface area contributed by atoms with Crippen molar-refractivity contribution in [3.8, 4) is 11.5 Å². The Labute approximate surface area is 184 Å². The number of rotatable bonds is 8. The van der Waals surface area contributed by atoms with Gasteiger partial charge in [0.25, 0.3) is 0 Å². The number of aromatic hydroxyl groups is 1. The predicted molar refractivity (Wildman–Crippen MR) is 120 cm³/mol. The van der Waals surface area contributed by atoms with Gasteiger partial charge in [0.2, 0.25) is 0 Å². The summed E-state index contributed by atoms with van der Waals surface area (Å²) in [5, 5.41) is 12.7. The number of carbonyl (C=O) groups excluding carboxylic acids is 1. The fourth-order valence-electron chi connectivity index (χ4n) is 3.93. The van der Waals surface area contributed by atoms with Crippen molar-refractivity contribution in [3.63, 3.8) is 0 Å². The maximum absolute atomic E-state index is 13.1. The topological polar surface area (TPSA) is 69.9 Å². The molecule has 0 amide bonds. The fourth-order valence-corrected chi connectivity index (χ4v) is 3.93. The van der Waals surface area contributed by atoms with Crippen LogP contribution < -0.4 is 4.74 Å². The van der Waals surface area contributed by atoms with Gasteiger partial charge in [-0.3, -0.25) is 0 Å². The Morgan fingerprint density at radius 1 is 1.00 bits per heavy atom. The van der Waals surface area contributed by atoms with Gasteiger partial charge in [0.15, 0.2) is 0 Å². The predicted octanol–water partition coefficient (Wildman–Crippen LogP) is 4.83. The molecule has 0 spiro atoms. The summed E-state index contributed by atoms with van der Waals surface area (Å²) in [4.78, 5) is 12.9. The number of methoxy groups -OCH3 is 1. The van der Waals surface area contributed by atoms with Gasteiger partial charge in [-0.1, -0.05) is 24.3 Å². The van der Waals surface area contributed by atoms with Gasteiger partial charge in [0, 0.05) is 29.0 Å². The standard InChI is InChI=1S/C25H24FNO5/c1-16-23(25(29)32-14-13-30-2)21-15-22(28)19-5-3-4-6-20(19)24(21)27(16)11-12-31-18-9-7-17(26)8-10-18/h3-10,15,28H,11-14H2,1-2H3. The molecule has 3 aromatic carbocycles. The zero-order chi connectivity index (χ0) is 22.7. The van der Waals surface area contributed by atoms with Crippen LogP contribution in [0.15, 0.2) is 54.6 Å². The average Bonchev–Trinajstić information content (AvgIpc) is 3.06. The third-order valence-electron chi connectivity index (χ3n) is 5.42. The van der Waals surface area contributed by atoms with Crippen molar-refractivity contribution in [2.45, 2.75) is 13.5 Å². The highest BCUT2D eigenvalue weighted by Crippen LogP contribution is 2.37. The van der Waals surface area contributed by atoms with Crippen LogP contribution in [0.4, 0.5) is 4.39 Å². The van der Waals surface area contributed by atoms with Crippen molar-refractivity contribution in [3.05, 3.63) is 71.7 Å². The Morgan fingerprint density at radius 2 is 1.72 bits per heavy atom. The molecule has 0 unspecified atom stereocenters. The van der Waals surface area contributed by atoms with Crippen LogP contribution in [-0.4, -0.2) is 42.6 Å². The fraction of sp³-hybridized carbons (Fsp3) is 0.240. The molecule has 0 aliphatic rings. The average molecular weight is 437 g/mol. The van der Waals surface area contributed by atoms with Gasteiger partial charge < -0.3 is 23.9 Å². The molecule has 6 nitrogen and oxygen atoms in total. The second-order valence-corrected chi connectivity index (χ2v) is 7.38. The van der Waals surface area contributed by atoms with Crippen LogP contribution in [0, 0.1) is 12.7 Å². The zero-order valence-corrected chi connectivity index (χ0v) is 17.9. The van der Waals surface area contributed by atoms with E-state index in [4.69, 9.17) is 14.2 Å². The van der Waals surface area contributed by atoms with Crippen LogP contribution >= 0.6 is 0 Å². The number of hydrogen-bond acceptors (Lipinski definition) is 5. The summed E-state index contributed by atoms with van der Waals surface area (Å²) in [6.07, 6.45) is 0. The largest absolute Gasteiger partial charge is 0.507 e. The highest BCUT2D eigenvalue weighted by Gasteiger charge is 2.24. The van der Waals surface area contributed by atoms with Gasteiger partial charge in [-0.25, -0.2) is 9.18 Å². The van der Waals surface area contributed by atoms with E-state index in [9.17, 15) is 14.3 Å². The van der Waals surface area contributed by atoms with Gasteiger partial charge in [-0.05, 0) is 37.3 Å². The first-order valence-electron chi connectivity index (χ1n) is 10.3. The van der Waals surface area contributed by atoms with Crippen LogP contribution in [0.1, 0.15) is 16.1 Å². The van der Waals surface area contributed by atoms with Crippen molar-refractivity contribution in [1.82, 2.24) is 4.57 Å². The number of esters is 1. The summed E-state index contributed by atoms with van der Waals surface area (Å²) in [7, 11) is 1.54. The molecule has 0 fully saturated rings. The highest BCUT2D eigenvalue weighted by atomic mass is 19.1. The van der Waals surface area contributed by atoms with E-state index < -0.39 is 5.97 Å². The molecule has 0 aliphatic heterocycles. The molecule has 0 aliphatic carbocycles. The number of halogens is 1. The van der Waals surface area contributed by atoms with Crippen molar-refractivity contribution < 1.29 is 28.5 Å². The minimum atomic E-state index is -0.475. The molecule has 1 N–H and O–H groups in total. The van der Waals surface area contributed by atoms with Crippen LogP contribution in [0.3, 0.4) is 0 Å². The highest BCUT2D eigenvalue weighted by molar-refractivity contribution is 6.16. The first-order valence-corrected chi connectivity index (χ1v) is 10.3. The van der Waals surface area contributed by atoms with Crippen LogP contribution in [-0.2, 0) is 16.0 Å². The first-order chi connectivity index (χ1) is 15.5. The Kier molecular flexibility index (Phi) is 6.28. The molecular formula is C25H24FNO5. The molecule has 1 aromatic heterocycles. The Hall–Kier alpha value is -3.58. The lowest BCUT2D eigenvalue weighted by molar-refractivity contribution is 0.0389. The molecule has 166 valence electrons. The molecule has 7 heteroatoms. The molecule has 0 saturated heterocycles. The third-order valence-corrected chi connectivity index (χ3v) is 5.42. The van der Waals surface area contributed by atoms with Crippen molar-refractivity contribution in [2.75, 3.05) is 26.9 Å². The smallest absolute Gasteiger partial charge is 0.340 e. The van der Waals surface area contributed by atoms with Gasteiger partial charge >= 0.3 is 5.97 Å². The van der Waals surface area contributed by atoms with E-state index in [1.807, 2.05) is 35.8 Å². The molecule has 1 heterocycles. The third kappa shape index (κ3) is 4.11. The normalized spacial score (nSPS) is 11.2. The van der Waals surface area contributed by atoms with E-state index in [1.165, 1.54) is 19.2 Å². The minimum Gasteiger partial charge on any atom is -0.507 e. The van der Waals surface area contributed by atoms with Crippen LogP contribution in [0.25, 0.3) is 21.7 Å². The Bertz CT molecular complexity index is 1260. The van der Waals surface area contributed by atoms with E-state index >= 15 is 0 Å². The lowest BCUT2D eigenvalue weighted by Gasteiger charge is -2.12. The number of phenols is 1. The second kappa shape index (κ2) is 9.28. The number of benzene rings is 3. The summed E-state index contributed by atoms with van der Waals surface area (Å²) in [6.45, 7) is 3.03. The molecule has 4 aromatic rings. The first kappa shape index (κ1) is 21.6. The number of aromatic nitrogens is 1. The summed E-state index contributed by atoms with van der Waals surface area (Å²) in [6, 6.07) is 14.9. The number of hydrogen-bond donors (Lipinski definition) is 1. The van der Waals surface area contributed by atoms with Gasteiger partial charge in [-0.2, -0.15) is 0 Å². The van der Waals surface area contributed by atoms with Gasteiger partial charge in [-0.15, -0.1) is 0 Å². The molecule has 0 radical (unpaired) electrons. The quantitative estimate of drug-likeness (QED) is 0.316. The van der Waals surface area contributed by atoms with E-state index in [0.717, 1.165) is 10.9 Å². The number of ether oxygens (including phenoxy) is 3. The molecule has 0 bridgehead atoms. The molecule has 0 atom stereocenters. The maximum atomic E-state index is 13.1. The van der Waals surface area contributed by atoms with Gasteiger partial charge in [0.1, 0.15) is 30.5 Å². The van der Waals surface area contributed by atoms with Crippen molar-refractivity contribution >= 4 is 27.6 Å². The summed E-state index contributed by atoms with van der Waals surface area (Å²) >= 11 is 0. The van der Waals surface area contributed by atoms with Crippen molar-refractivity contribution in [2.24, 2.45) is 0 Å². The van der Waals surface area contributed by atoms with E-state index in [1.54, 1.807) is 18.2 Å². The Morgan fingerprint density at radius 3 is 2.44 bits per heavy atom. The Balaban J connectivity index is 1.76. The van der Waals surface area contributed by atoms with Crippen molar-refractivity contribution in [1.29, 1.82) is 0 Å². The van der Waals surface area contributed by atoms with E-state index in [2.05, 4.69) is 0 Å². The summed E-state index contributed by atoms with van der Waals surface area (Å²) in [5.74, 6) is -0.147. The summed E-state index contributed by atoms with van der Waals surface area (Å²) < 4.78 is 31.3. The number of phenolic OH excluding ortho intramolecular Hbond substituents is 1. The van der Waals surface area contributed by atoms with Crippen LogP contribution in [0.5, 0.6) is 11.5 Å².